The molecule has 5 aromatic rings. The first-order chi connectivity index (χ1) is 31.3. The minimum absolute atomic E-state index is 0.0369. The second-order valence-corrected chi connectivity index (χ2v) is 16.5. The molecule has 1 unspecified atom stereocenters. The number of fused-ring (bicyclic) bond motifs is 1. The zero-order valence-corrected chi connectivity index (χ0v) is 36.7. The fourth-order valence-corrected chi connectivity index (χ4v) is 8.98. The Labute approximate surface area is 374 Å². The molecular weight excluding hydrogens is 846 g/mol. The lowest BCUT2D eigenvalue weighted by Gasteiger charge is -2.47. The predicted molar refractivity (Wildman–Crippen MR) is 236 cm³/mol. The Morgan fingerprint density at radius 1 is 0.954 bits per heavy atom. The van der Waals surface area contributed by atoms with Gasteiger partial charge in [-0.2, -0.15) is 5.10 Å². The maximum atomic E-state index is 15.9. The molecule has 4 heterocycles. The van der Waals surface area contributed by atoms with Crippen LogP contribution < -0.4 is 29.3 Å². The molecule has 0 aliphatic carbocycles. The van der Waals surface area contributed by atoms with Crippen LogP contribution in [0.1, 0.15) is 46.8 Å². The number of alkyl halides is 2. The molecule has 0 radical (unpaired) electrons. The van der Waals surface area contributed by atoms with Crippen molar-refractivity contribution in [1.29, 1.82) is 0 Å². The van der Waals surface area contributed by atoms with Gasteiger partial charge in [-0.1, -0.05) is 24.3 Å². The normalized spacial score (nSPS) is 18.1. The van der Waals surface area contributed by atoms with Crippen LogP contribution in [0, 0.1) is 12.7 Å². The molecule has 8 rings (SSSR count). The van der Waals surface area contributed by atoms with Crippen molar-refractivity contribution >= 4 is 46.7 Å². The highest BCUT2D eigenvalue weighted by atomic mass is 19.3. The van der Waals surface area contributed by atoms with Crippen LogP contribution in [-0.4, -0.2) is 120 Å². The summed E-state index contributed by atoms with van der Waals surface area (Å²) in [6.45, 7) is 6.49. The summed E-state index contributed by atoms with van der Waals surface area (Å²) in [5.74, 6) is -2.88. The van der Waals surface area contributed by atoms with Crippen LogP contribution in [0.2, 0.25) is 0 Å². The smallest absolute Gasteiger partial charge is 0.329 e. The number of aromatic nitrogens is 2. The predicted octanol–water partition coefficient (Wildman–Crippen LogP) is 6.50. The topological polar surface area (TPSA) is 142 Å². The lowest BCUT2D eigenvalue weighted by molar-refractivity contribution is -0.129. The van der Waals surface area contributed by atoms with Crippen LogP contribution in [0.25, 0.3) is 10.9 Å². The number of aryl methyl sites for hydroxylation is 1. The second-order valence-electron chi connectivity index (χ2n) is 16.5. The first kappa shape index (κ1) is 44.9. The highest BCUT2D eigenvalue weighted by molar-refractivity contribution is 6.09. The molecule has 1 aromatic heterocycles. The molecule has 342 valence electrons. The van der Waals surface area contributed by atoms with E-state index in [9.17, 15) is 19.2 Å². The number of imide groups is 2. The number of halogens is 3. The molecule has 0 saturated carbocycles. The number of carbonyl (C=O) groups excluding carboxylic acids is 4. The number of urea groups is 1. The van der Waals surface area contributed by atoms with Gasteiger partial charge in [-0.05, 0) is 79.4 Å². The van der Waals surface area contributed by atoms with Crippen LogP contribution in [-0.2, 0) is 29.7 Å². The SMILES string of the molecule is CCOc1cc(CN(C=O)C(=O)c2cccc(N3CCN(C4CCN(Cc5ccc(Oc6cc7c(cc6F)c(N6CCC(=O)NC6=O)nn7C)cc5)CC4(F)F)CC3)c2C)ccc1OC. The number of hydrogen-bond donors (Lipinski definition) is 1. The number of methoxy groups -OCH3 is 1. The highest BCUT2D eigenvalue weighted by Gasteiger charge is 2.48. The number of ether oxygens (including phenoxy) is 3. The van der Waals surface area contributed by atoms with Crippen LogP contribution in [0.15, 0.2) is 72.8 Å². The van der Waals surface area contributed by atoms with Gasteiger partial charge in [0.25, 0.3) is 11.8 Å². The molecule has 0 bridgehead atoms. The second kappa shape index (κ2) is 18.8. The number of likely N-dealkylation sites (tertiary alicyclic amines) is 1. The van der Waals surface area contributed by atoms with Gasteiger partial charge in [0.05, 0.1) is 38.4 Å². The lowest BCUT2D eigenvalue weighted by atomic mass is 9.97. The average Bonchev–Trinajstić information content (AvgIpc) is 3.59. The number of benzene rings is 4. The third-order valence-electron chi connectivity index (χ3n) is 12.3. The summed E-state index contributed by atoms with van der Waals surface area (Å²) in [6, 6.07) is 18.7. The van der Waals surface area contributed by atoms with Crippen molar-refractivity contribution in [2.75, 3.05) is 69.3 Å². The number of anilines is 2. The lowest BCUT2D eigenvalue weighted by Crippen LogP contribution is -2.61. The number of amides is 5. The molecule has 3 aliphatic heterocycles. The summed E-state index contributed by atoms with van der Waals surface area (Å²) in [5.41, 5.74) is 3.93. The molecule has 1 atom stereocenters. The van der Waals surface area contributed by atoms with Gasteiger partial charge in [0.1, 0.15) is 5.75 Å². The minimum atomic E-state index is -2.96. The number of hydrogen-bond acceptors (Lipinski definition) is 11. The molecule has 3 aliphatic rings. The van der Waals surface area contributed by atoms with Gasteiger partial charge >= 0.3 is 6.03 Å². The summed E-state index contributed by atoms with van der Waals surface area (Å²) in [7, 11) is 3.20. The maximum absolute atomic E-state index is 15.9. The van der Waals surface area contributed by atoms with Crippen molar-refractivity contribution in [2.24, 2.45) is 7.05 Å². The summed E-state index contributed by atoms with van der Waals surface area (Å²) in [4.78, 5) is 58.2. The molecular formula is C47H51F3N8O7. The monoisotopic (exact) mass is 896 g/mol. The highest BCUT2D eigenvalue weighted by Crippen LogP contribution is 2.37. The maximum Gasteiger partial charge on any atom is 0.329 e. The summed E-state index contributed by atoms with van der Waals surface area (Å²) >= 11 is 0. The first-order valence-corrected chi connectivity index (χ1v) is 21.6. The minimum Gasteiger partial charge on any atom is -0.493 e. The molecule has 3 fully saturated rings. The molecule has 18 heteroatoms. The standard InChI is InChI=1S/C47H51F3N8O7/c1-5-64-41-23-32(11-14-39(41)63-4)27-57(29-59)45(61)34-7-6-8-37(30(34)2)55-19-21-56(22-20-55)42-15-17-54(28-47(42,49)50)26-31-9-12-33(13-10-31)65-40-25-38-35(24-36(40)48)44(52-53(38)3)58-18-16-43(60)51-46(58)62/h6-14,23-25,29,42H,5,15-22,26-28H2,1-4H3,(H,51,60,62). The van der Waals surface area contributed by atoms with Crippen LogP contribution in [0.4, 0.5) is 29.5 Å². The number of piperazine rings is 1. The van der Waals surface area contributed by atoms with Gasteiger partial charge in [0, 0.05) is 82.0 Å². The number of piperidine rings is 1. The molecule has 15 nitrogen and oxygen atoms in total. The van der Waals surface area contributed by atoms with E-state index in [0.717, 1.165) is 16.2 Å². The van der Waals surface area contributed by atoms with Gasteiger partial charge in [-0.3, -0.25) is 44.0 Å². The number of carbonyl (C=O) groups is 4. The fraction of sp³-hybridized carbons (Fsp3) is 0.383. The Morgan fingerprint density at radius 3 is 2.40 bits per heavy atom. The van der Waals surface area contributed by atoms with Crippen LogP contribution in [0.3, 0.4) is 0 Å². The van der Waals surface area contributed by atoms with Crippen molar-refractivity contribution < 1.29 is 46.6 Å². The van der Waals surface area contributed by atoms with Gasteiger partial charge in [-0.15, -0.1) is 0 Å². The quantitative estimate of drug-likeness (QED) is 0.122. The van der Waals surface area contributed by atoms with E-state index in [-0.39, 0.29) is 43.4 Å². The molecule has 4 aromatic carbocycles. The van der Waals surface area contributed by atoms with Crippen molar-refractivity contribution in [3.63, 3.8) is 0 Å². The van der Waals surface area contributed by atoms with Gasteiger partial charge in [-0.25, -0.2) is 18.0 Å². The summed E-state index contributed by atoms with van der Waals surface area (Å²) < 4.78 is 65.7. The summed E-state index contributed by atoms with van der Waals surface area (Å²) in [6.07, 6.45) is 0.911. The van der Waals surface area contributed by atoms with Crippen LogP contribution in [0.5, 0.6) is 23.0 Å². The first-order valence-electron chi connectivity index (χ1n) is 21.6. The van der Waals surface area contributed by atoms with E-state index in [1.165, 1.54) is 21.7 Å². The number of nitrogens with one attached hydrogen (secondary N) is 1. The van der Waals surface area contributed by atoms with Crippen molar-refractivity contribution in [3.05, 3.63) is 101 Å². The van der Waals surface area contributed by atoms with E-state index in [2.05, 4.69) is 15.3 Å². The van der Waals surface area contributed by atoms with Crippen molar-refractivity contribution in [3.8, 4) is 23.0 Å². The van der Waals surface area contributed by atoms with Gasteiger partial charge in [0.15, 0.2) is 28.9 Å². The Morgan fingerprint density at radius 2 is 1.71 bits per heavy atom. The van der Waals surface area contributed by atoms with E-state index in [1.54, 1.807) is 73.7 Å². The zero-order valence-electron chi connectivity index (χ0n) is 36.7. The Balaban J connectivity index is 0.847. The third-order valence-corrected chi connectivity index (χ3v) is 12.3. The Hall–Kier alpha value is -6.66. The van der Waals surface area contributed by atoms with Crippen molar-refractivity contribution in [1.82, 2.24) is 29.8 Å². The van der Waals surface area contributed by atoms with E-state index >= 15 is 13.2 Å². The molecule has 3 saturated heterocycles. The molecule has 5 amide bonds. The van der Waals surface area contributed by atoms with E-state index in [1.807, 2.05) is 24.8 Å². The van der Waals surface area contributed by atoms with E-state index in [0.29, 0.717) is 97.1 Å². The Bertz CT molecular complexity index is 2600. The third kappa shape index (κ3) is 9.45. The number of rotatable bonds is 14. The van der Waals surface area contributed by atoms with E-state index < -0.39 is 36.3 Å². The zero-order chi connectivity index (χ0) is 46.0. The fourth-order valence-electron chi connectivity index (χ4n) is 8.98. The molecule has 65 heavy (non-hydrogen) atoms. The van der Waals surface area contributed by atoms with Crippen LogP contribution >= 0.6 is 0 Å². The van der Waals surface area contributed by atoms with E-state index in [4.69, 9.17) is 14.2 Å². The molecule has 1 N–H and O–H groups in total. The largest absolute Gasteiger partial charge is 0.493 e. The average molecular weight is 897 g/mol. The van der Waals surface area contributed by atoms with Gasteiger partial charge < -0.3 is 19.1 Å². The molecule has 0 spiro atoms. The summed E-state index contributed by atoms with van der Waals surface area (Å²) in [5, 5.41) is 7.03. The Kier molecular flexibility index (Phi) is 13.0. The van der Waals surface area contributed by atoms with Gasteiger partial charge in [0.2, 0.25) is 12.3 Å². The number of nitrogens with zero attached hydrogens (tertiary/aromatic N) is 7. The van der Waals surface area contributed by atoms with Crippen molar-refractivity contribution in [2.45, 2.75) is 51.7 Å².